The Kier molecular flexibility index (Phi) is 4.63. The Hall–Kier alpha value is -0.523. The minimum absolute atomic E-state index is 1.19. The van der Waals surface area contributed by atoms with E-state index in [1.165, 1.54) is 29.7 Å². The number of aryl methyl sites for hydroxylation is 1. The zero-order chi connectivity index (χ0) is 11.3. The van der Waals surface area contributed by atoms with E-state index >= 15 is 0 Å². The highest BCUT2D eigenvalue weighted by molar-refractivity contribution is 7.10. The minimum Gasteiger partial charge on any atom is -0.135 e. The Balaban J connectivity index is 2.76. The third-order valence-corrected chi connectivity index (χ3v) is 3.84. The first-order valence-corrected chi connectivity index (χ1v) is 10.0. The summed E-state index contributed by atoms with van der Waals surface area (Å²) in [4.78, 5) is 1.30. The van der Waals surface area contributed by atoms with E-state index in [0.717, 1.165) is 0 Å². The molecule has 1 rings (SSSR count). The molecule has 15 heavy (non-hydrogen) atoms. The quantitative estimate of drug-likeness (QED) is 0.541. The maximum absolute atomic E-state index is 3.44. The zero-order valence-electron chi connectivity index (χ0n) is 10.2. The molecule has 0 saturated heterocycles. The van der Waals surface area contributed by atoms with E-state index in [4.69, 9.17) is 0 Å². The maximum atomic E-state index is 3.44. The van der Waals surface area contributed by atoms with Crippen LogP contribution in [0.2, 0.25) is 19.6 Å². The summed E-state index contributed by atoms with van der Waals surface area (Å²) in [7, 11) is -1.22. The summed E-state index contributed by atoms with van der Waals surface area (Å²) in [6, 6.07) is 2.23. The summed E-state index contributed by atoms with van der Waals surface area (Å²) in [5, 5.41) is 2.17. The largest absolute Gasteiger partial charge is 0.135 e. The average molecular weight is 236 g/mol. The molecule has 82 valence electrons. The van der Waals surface area contributed by atoms with Gasteiger partial charge in [0.1, 0.15) is 8.07 Å². The summed E-state index contributed by atoms with van der Waals surface area (Å²) in [6.45, 7) is 9.11. The first kappa shape index (κ1) is 12.5. The van der Waals surface area contributed by atoms with Gasteiger partial charge in [-0.3, -0.25) is 0 Å². The lowest BCUT2D eigenvalue weighted by Crippen LogP contribution is -2.16. The number of hydrogen-bond acceptors (Lipinski definition) is 1. The molecule has 0 spiro atoms. The lowest BCUT2D eigenvalue weighted by molar-refractivity contribution is 0.796. The Morgan fingerprint density at radius 3 is 2.67 bits per heavy atom. The summed E-state index contributed by atoms with van der Waals surface area (Å²) >= 11 is 1.79. The second-order valence-corrected chi connectivity index (χ2v) is 10.5. The van der Waals surface area contributed by atoms with Crippen molar-refractivity contribution < 1.29 is 0 Å². The van der Waals surface area contributed by atoms with E-state index in [0.29, 0.717) is 0 Å². The molecule has 0 aliphatic carbocycles. The van der Waals surface area contributed by atoms with Gasteiger partial charge in [0.05, 0.1) is 4.88 Å². The third-order valence-electron chi connectivity index (χ3n) is 2.10. The first-order valence-electron chi connectivity index (χ1n) is 5.62. The van der Waals surface area contributed by atoms with Crippen molar-refractivity contribution in [2.45, 2.75) is 45.8 Å². The van der Waals surface area contributed by atoms with Gasteiger partial charge >= 0.3 is 0 Å². The van der Waals surface area contributed by atoms with E-state index in [-0.39, 0.29) is 0 Å². The lowest BCUT2D eigenvalue weighted by atomic mass is 10.1. The van der Waals surface area contributed by atoms with Crippen LogP contribution in [-0.4, -0.2) is 8.07 Å². The van der Waals surface area contributed by atoms with Crippen LogP contribution in [0.3, 0.4) is 0 Å². The predicted molar refractivity (Wildman–Crippen MR) is 73.2 cm³/mol. The van der Waals surface area contributed by atoms with E-state index < -0.39 is 8.07 Å². The van der Waals surface area contributed by atoms with Crippen molar-refractivity contribution in [3.05, 3.63) is 21.9 Å². The van der Waals surface area contributed by atoms with Gasteiger partial charge < -0.3 is 0 Å². The molecular formula is C13H20SSi. The molecule has 1 aromatic rings. The fourth-order valence-corrected chi connectivity index (χ4v) is 2.64. The van der Waals surface area contributed by atoms with Gasteiger partial charge in [0.2, 0.25) is 0 Å². The maximum Gasteiger partial charge on any atom is 0.129 e. The van der Waals surface area contributed by atoms with Crippen LogP contribution in [-0.2, 0) is 6.42 Å². The highest BCUT2D eigenvalue weighted by Crippen LogP contribution is 2.18. The molecule has 0 saturated carbocycles. The second kappa shape index (κ2) is 5.53. The molecule has 0 aliphatic rings. The van der Waals surface area contributed by atoms with Gasteiger partial charge in [-0.2, -0.15) is 0 Å². The standard InChI is InChI=1S/C13H20SSi/c1-5-6-7-12-8-10-14-13(12)9-11-15(2,3)4/h8,10H,5-7H2,1-4H3. The summed E-state index contributed by atoms with van der Waals surface area (Å²) in [5.41, 5.74) is 4.89. The van der Waals surface area contributed by atoms with Crippen LogP contribution in [0.1, 0.15) is 30.2 Å². The molecule has 0 aliphatic heterocycles. The van der Waals surface area contributed by atoms with Crippen molar-refractivity contribution in [2.24, 2.45) is 0 Å². The van der Waals surface area contributed by atoms with E-state index in [1.54, 1.807) is 11.3 Å². The fourth-order valence-electron chi connectivity index (χ4n) is 1.25. The van der Waals surface area contributed by atoms with Crippen molar-refractivity contribution in [2.75, 3.05) is 0 Å². The highest BCUT2D eigenvalue weighted by Gasteiger charge is 2.08. The molecule has 0 N–H and O–H groups in total. The van der Waals surface area contributed by atoms with Gasteiger partial charge in [0.15, 0.2) is 0 Å². The van der Waals surface area contributed by atoms with Gasteiger partial charge in [0, 0.05) is 0 Å². The van der Waals surface area contributed by atoms with Gasteiger partial charge in [-0.25, -0.2) is 0 Å². The third kappa shape index (κ3) is 4.68. The fraction of sp³-hybridized carbons (Fsp3) is 0.538. The first-order chi connectivity index (χ1) is 7.03. The molecule has 0 nitrogen and oxygen atoms in total. The molecule has 2 heteroatoms. The summed E-state index contributed by atoms with van der Waals surface area (Å²) in [6.07, 6.45) is 3.73. The lowest BCUT2D eigenvalue weighted by Gasteiger charge is -2.03. The summed E-state index contributed by atoms with van der Waals surface area (Å²) in [5.74, 6) is 3.37. The monoisotopic (exact) mass is 236 g/mol. The van der Waals surface area contributed by atoms with Gasteiger partial charge in [0.25, 0.3) is 0 Å². The average Bonchev–Trinajstić information content (AvgIpc) is 2.57. The second-order valence-electron chi connectivity index (χ2n) is 4.88. The van der Waals surface area contributed by atoms with Crippen LogP contribution in [0.15, 0.2) is 11.4 Å². The Labute approximate surface area is 98.7 Å². The van der Waals surface area contributed by atoms with Crippen molar-refractivity contribution >= 4 is 19.4 Å². The minimum atomic E-state index is -1.22. The van der Waals surface area contributed by atoms with Crippen molar-refractivity contribution in [3.8, 4) is 11.5 Å². The van der Waals surface area contributed by atoms with Crippen LogP contribution in [0.4, 0.5) is 0 Å². The Morgan fingerprint density at radius 1 is 1.33 bits per heavy atom. The van der Waals surface area contributed by atoms with E-state index in [2.05, 4.69) is 49.5 Å². The molecular weight excluding hydrogens is 216 g/mol. The van der Waals surface area contributed by atoms with Crippen LogP contribution in [0.5, 0.6) is 0 Å². The molecule has 0 unspecified atom stereocenters. The van der Waals surface area contributed by atoms with E-state index in [1.807, 2.05) is 0 Å². The molecule has 0 amide bonds. The molecule has 0 aromatic carbocycles. The summed E-state index contributed by atoms with van der Waals surface area (Å²) < 4.78 is 0. The van der Waals surface area contributed by atoms with Crippen molar-refractivity contribution in [3.63, 3.8) is 0 Å². The molecule has 0 atom stereocenters. The van der Waals surface area contributed by atoms with Crippen LogP contribution in [0, 0.1) is 11.5 Å². The SMILES string of the molecule is CCCCc1ccsc1C#C[Si](C)(C)C. The highest BCUT2D eigenvalue weighted by atomic mass is 32.1. The van der Waals surface area contributed by atoms with Crippen molar-refractivity contribution in [1.82, 2.24) is 0 Å². The van der Waals surface area contributed by atoms with Crippen LogP contribution in [0.25, 0.3) is 0 Å². The Morgan fingerprint density at radius 2 is 2.07 bits per heavy atom. The normalized spacial score (nSPS) is 10.9. The van der Waals surface area contributed by atoms with Crippen molar-refractivity contribution in [1.29, 1.82) is 0 Å². The predicted octanol–water partition coefficient (Wildman–Crippen LogP) is 4.32. The smallest absolute Gasteiger partial charge is 0.129 e. The topological polar surface area (TPSA) is 0 Å². The van der Waals surface area contributed by atoms with Gasteiger partial charge in [-0.05, 0) is 29.9 Å². The van der Waals surface area contributed by atoms with Gasteiger partial charge in [-0.1, -0.05) is 38.9 Å². The number of unbranched alkanes of at least 4 members (excludes halogenated alkanes) is 1. The van der Waals surface area contributed by atoms with Crippen LogP contribution >= 0.6 is 11.3 Å². The number of rotatable bonds is 3. The number of thiophene rings is 1. The van der Waals surface area contributed by atoms with E-state index in [9.17, 15) is 0 Å². The molecule has 1 aromatic heterocycles. The molecule has 0 bridgehead atoms. The Bertz CT molecular complexity index is 360. The van der Waals surface area contributed by atoms with Gasteiger partial charge in [-0.15, -0.1) is 16.9 Å². The molecule has 1 heterocycles. The zero-order valence-corrected chi connectivity index (χ0v) is 12.0. The molecule has 0 radical (unpaired) electrons. The van der Waals surface area contributed by atoms with Crippen LogP contribution < -0.4 is 0 Å². The number of hydrogen-bond donors (Lipinski definition) is 0. The molecule has 0 fully saturated rings.